The highest BCUT2D eigenvalue weighted by atomic mass is 15.1. The fourth-order valence-corrected chi connectivity index (χ4v) is 2.27. The third kappa shape index (κ3) is 2.62. The van der Waals surface area contributed by atoms with E-state index in [2.05, 4.69) is 28.5 Å². The molecule has 1 aliphatic rings. The minimum absolute atomic E-state index is 0.838. The van der Waals surface area contributed by atoms with Gasteiger partial charge in [0.1, 0.15) is 5.84 Å². The lowest BCUT2D eigenvalue weighted by atomic mass is 10.1. The summed E-state index contributed by atoms with van der Waals surface area (Å²) in [6.07, 6.45) is 0. The maximum Gasteiger partial charge on any atom is 0.130 e. The molecule has 0 amide bonds. The zero-order chi connectivity index (χ0) is 13.8. The molecule has 2 aromatic carbocycles. The largest absolute Gasteiger partial charge is 0.368 e. The maximum absolute atomic E-state index is 4.77. The highest BCUT2D eigenvalue weighted by Gasteiger charge is 2.11. The summed E-state index contributed by atoms with van der Waals surface area (Å²) >= 11 is 0. The Morgan fingerprint density at radius 1 is 1.05 bits per heavy atom. The second kappa shape index (κ2) is 5.70. The van der Waals surface area contributed by atoms with Crippen molar-refractivity contribution in [2.45, 2.75) is 6.92 Å². The van der Waals surface area contributed by atoms with Crippen molar-refractivity contribution < 1.29 is 0 Å². The van der Waals surface area contributed by atoms with E-state index in [9.17, 15) is 0 Å². The summed E-state index contributed by atoms with van der Waals surface area (Å²) in [5.41, 5.74) is 4.18. The molecule has 1 N–H and O–H groups in total. The lowest BCUT2D eigenvalue weighted by molar-refractivity contribution is 0.960. The third-order valence-electron chi connectivity index (χ3n) is 3.31. The Morgan fingerprint density at radius 3 is 2.55 bits per heavy atom. The van der Waals surface area contributed by atoms with E-state index in [1.54, 1.807) is 0 Å². The lowest BCUT2D eigenvalue weighted by Crippen LogP contribution is -2.19. The first-order chi connectivity index (χ1) is 9.84. The van der Waals surface area contributed by atoms with Crippen molar-refractivity contribution in [3.8, 4) is 0 Å². The van der Waals surface area contributed by atoms with Crippen molar-refractivity contribution in [3.05, 3.63) is 65.7 Å². The van der Waals surface area contributed by atoms with Crippen LogP contribution in [0, 0.1) is 0 Å². The van der Waals surface area contributed by atoms with Crippen LogP contribution in [-0.4, -0.2) is 24.6 Å². The summed E-state index contributed by atoms with van der Waals surface area (Å²) in [7, 11) is 0. The van der Waals surface area contributed by atoms with Gasteiger partial charge in [0, 0.05) is 17.8 Å². The van der Waals surface area contributed by atoms with Crippen LogP contribution >= 0.6 is 0 Å². The van der Waals surface area contributed by atoms with Crippen LogP contribution in [0.4, 0.5) is 5.69 Å². The van der Waals surface area contributed by atoms with Crippen molar-refractivity contribution in [2.24, 2.45) is 9.98 Å². The van der Waals surface area contributed by atoms with Crippen LogP contribution in [-0.2, 0) is 0 Å². The molecule has 0 bridgehead atoms. The van der Waals surface area contributed by atoms with E-state index >= 15 is 0 Å². The molecule has 0 fully saturated rings. The molecule has 0 saturated carbocycles. The zero-order valence-electron chi connectivity index (χ0n) is 11.5. The summed E-state index contributed by atoms with van der Waals surface area (Å²) in [6.45, 7) is 3.78. The molecule has 20 heavy (non-hydrogen) atoms. The standard InChI is InChI=1S/C17H17N3/c1-13(14-7-3-2-4-8-14)20-16-10-6-5-9-15(16)17-18-11-12-19-17/h2-10H,11-12H2,1H3,(H,18,19). The number of nitrogens with one attached hydrogen (secondary N) is 1. The van der Waals surface area contributed by atoms with Crippen LogP contribution in [0.25, 0.3) is 0 Å². The molecule has 0 unspecified atom stereocenters. The van der Waals surface area contributed by atoms with Crippen molar-refractivity contribution in [3.63, 3.8) is 0 Å². The van der Waals surface area contributed by atoms with Crippen LogP contribution in [0.15, 0.2) is 64.6 Å². The fraction of sp³-hybridized carbons (Fsp3) is 0.176. The normalized spacial score (nSPS) is 14.8. The SMILES string of the molecule is CC(=Nc1ccccc1C1=NCCN1)c1ccccc1. The second-order valence-electron chi connectivity index (χ2n) is 4.74. The molecule has 0 radical (unpaired) electrons. The smallest absolute Gasteiger partial charge is 0.130 e. The average molecular weight is 263 g/mol. The maximum atomic E-state index is 4.77. The van der Waals surface area contributed by atoms with E-state index in [0.29, 0.717) is 0 Å². The van der Waals surface area contributed by atoms with E-state index < -0.39 is 0 Å². The predicted octanol–water partition coefficient (Wildman–Crippen LogP) is 3.18. The first kappa shape index (κ1) is 12.6. The van der Waals surface area contributed by atoms with Crippen molar-refractivity contribution in [1.82, 2.24) is 5.32 Å². The van der Waals surface area contributed by atoms with E-state index in [0.717, 1.165) is 41.5 Å². The summed E-state index contributed by atoms with van der Waals surface area (Å²) in [5, 5.41) is 3.31. The van der Waals surface area contributed by atoms with E-state index in [-0.39, 0.29) is 0 Å². The molecule has 0 spiro atoms. The molecule has 1 heterocycles. The molecular weight excluding hydrogens is 246 g/mol. The van der Waals surface area contributed by atoms with Gasteiger partial charge in [0.25, 0.3) is 0 Å². The van der Waals surface area contributed by atoms with Crippen LogP contribution in [0.2, 0.25) is 0 Å². The van der Waals surface area contributed by atoms with Gasteiger partial charge in [-0.1, -0.05) is 42.5 Å². The Morgan fingerprint density at radius 2 is 1.80 bits per heavy atom. The van der Waals surface area contributed by atoms with Gasteiger partial charge in [-0.3, -0.25) is 9.98 Å². The molecule has 3 rings (SSSR count). The number of hydrogen-bond donors (Lipinski definition) is 1. The van der Waals surface area contributed by atoms with E-state index in [4.69, 9.17) is 4.99 Å². The van der Waals surface area contributed by atoms with Crippen LogP contribution in [0.5, 0.6) is 0 Å². The monoisotopic (exact) mass is 263 g/mol. The van der Waals surface area contributed by atoms with Gasteiger partial charge in [0.2, 0.25) is 0 Å². The molecular formula is C17H17N3. The number of benzene rings is 2. The highest BCUT2D eigenvalue weighted by molar-refractivity contribution is 6.06. The van der Waals surface area contributed by atoms with Crippen LogP contribution in [0.3, 0.4) is 0 Å². The van der Waals surface area contributed by atoms with Gasteiger partial charge in [-0.05, 0) is 24.6 Å². The Balaban J connectivity index is 1.99. The Kier molecular flexibility index (Phi) is 3.59. The van der Waals surface area contributed by atoms with Gasteiger partial charge in [0.15, 0.2) is 0 Å². The van der Waals surface area contributed by atoms with E-state index in [1.165, 1.54) is 0 Å². The third-order valence-corrected chi connectivity index (χ3v) is 3.31. The van der Waals surface area contributed by atoms with Crippen LogP contribution < -0.4 is 5.32 Å². The molecule has 3 nitrogen and oxygen atoms in total. The van der Waals surface area contributed by atoms with Crippen LogP contribution in [0.1, 0.15) is 18.1 Å². The molecule has 0 atom stereocenters. The molecule has 0 aliphatic carbocycles. The number of rotatable bonds is 3. The molecule has 100 valence electrons. The zero-order valence-corrected chi connectivity index (χ0v) is 11.5. The molecule has 2 aromatic rings. The fourth-order valence-electron chi connectivity index (χ4n) is 2.27. The summed E-state index contributed by atoms with van der Waals surface area (Å²) in [6, 6.07) is 18.4. The Bertz CT molecular complexity index is 657. The summed E-state index contributed by atoms with van der Waals surface area (Å²) in [4.78, 5) is 9.25. The van der Waals surface area contributed by atoms with E-state index in [1.807, 2.05) is 43.3 Å². The molecule has 0 aromatic heterocycles. The minimum Gasteiger partial charge on any atom is -0.368 e. The number of nitrogens with zero attached hydrogens (tertiary/aromatic N) is 2. The van der Waals surface area contributed by atoms with Crippen molar-refractivity contribution >= 4 is 17.2 Å². The first-order valence-corrected chi connectivity index (χ1v) is 6.83. The Hall–Kier alpha value is -2.42. The molecule has 3 heteroatoms. The molecule has 1 aliphatic heterocycles. The number of aliphatic imine (C=N–C) groups is 2. The number of hydrogen-bond acceptors (Lipinski definition) is 3. The van der Waals surface area contributed by atoms with Crippen molar-refractivity contribution in [1.29, 1.82) is 0 Å². The van der Waals surface area contributed by atoms with Gasteiger partial charge in [0.05, 0.1) is 12.2 Å². The van der Waals surface area contributed by atoms with Gasteiger partial charge < -0.3 is 5.32 Å². The quantitative estimate of drug-likeness (QED) is 0.848. The highest BCUT2D eigenvalue weighted by Crippen LogP contribution is 2.21. The second-order valence-corrected chi connectivity index (χ2v) is 4.74. The summed E-state index contributed by atoms with van der Waals surface area (Å²) in [5.74, 6) is 0.949. The number of para-hydroxylation sites is 1. The van der Waals surface area contributed by atoms with Gasteiger partial charge in [-0.2, -0.15) is 0 Å². The lowest BCUT2D eigenvalue weighted by Gasteiger charge is -2.07. The predicted molar refractivity (Wildman–Crippen MR) is 84.2 cm³/mol. The number of amidine groups is 1. The topological polar surface area (TPSA) is 36.8 Å². The Labute approximate surface area is 119 Å². The first-order valence-electron chi connectivity index (χ1n) is 6.83. The molecule has 0 saturated heterocycles. The van der Waals surface area contributed by atoms with Gasteiger partial charge >= 0.3 is 0 Å². The summed E-state index contributed by atoms with van der Waals surface area (Å²) < 4.78 is 0. The minimum atomic E-state index is 0.838. The van der Waals surface area contributed by atoms with Gasteiger partial charge in [-0.15, -0.1) is 0 Å². The van der Waals surface area contributed by atoms with Gasteiger partial charge in [-0.25, -0.2) is 0 Å². The average Bonchev–Trinajstić information content (AvgIpc) is 3.03. The van der Waals surface area contributed by atoms with Crippen molar-refractivity contribution in [2.75, 3.05) is 13.1 Å².